The van der Waals surface area contributed by atoms with Crippen LogP contribution in [0.3, 0.4) is 0 Å². The summed E-state index contributed by atoms with van der Waals surface area (Å²) in [5, 5.41) is 1.84. The molecule has 152 valence electrons. The molecule has 1 heterocycles. The van der Waals surface area contributed by atoms with E-state index in [0.29, 0.717) is 11.5 Å². The van der Waals surface area contributed by atoms with E-state index in [9.17, 15) is 0 Å². The molecule has 1 aliphatic heterocycles. The van der Waals surface area contributed by atoms with Crippen LogP contribution in [-0.4, -0.2) is 31.4 Å². The molecule has 4 rings (SSSR count). The molecule has 0 amide bonds. The van der Waals surface area contributed by atoms with Crippen molar-refractivity contribution < 1.29 is 14.2 Å². The van der Waals surface area contributed by atoms with E-state index >= 15 is 0 Å². The van der Waals surface area contributed by atoms with Crippen molar-refractivity contribution in [3.8, 4) is 17.2 Å². The predicted molar refractivity (Wildman–Crippen MR) is 122 cm³/mol. The van der Waals surface area contributed by atoms with Gasteiger partial charge in [-0.25, -0.2) is 9.98 Å². The fourth-order valence-electron chi connectivity index (χ4n) is 3.14. The molecule has 0 saturated carbocycles. The lowest BCUT2D eigenvalue weighted by Gasteiger charge is -2.21. The SMILES string of the molecule is COc1ccc(C2=N[C@@H](c3ccc(OC)c(OC)c3)N=C(c3ccccc3)S2)cc1. The Balaban J connectivity index is 1.77. The molecular formula is C24H22N2O3S. The minimum atomic E-state index is -0.377. The first-order valence-corrected chi connectivity index (χ1v) is 10.3. The first kappa shape index (κ1) is 20.0. The summed E-state index contributed by atoms with van der Waals surface area (Å²) >= 11 is 1.57. The summed E-state index contributed by atoms with van der Waals surface area (Å²) in [6.45, 7) is 0. The van der Waals surface area contributed by atoms with Crippen LogP contribution in [0.5, 0.6) is 17.2 Å². The molecule has 1 atom stereocenters. The van der Waals surface area contributed by atoms with Crippen molar-refractivity contribution >= 4 is 21.8 Å². The summed E-state index contributed by atoms with van der Waals surface area (Å²) in [5.41, 5.74) is 3.02. The number of thioether (sulfide) groups is 1. The van der Waals surface area contributed by atoms with Gasteiger partial charge in [-0.15, -0.1) is 0 Å². The van der Waals surface area contributed by atoms with E-state index in [1.807, 2.05) is 60.7 Å². The monoisotopic (exact) mass is 418 g/mol. The summed E-state index contributed by atoms with van der Waals surface area (Å²) in [5.74, 6) is 2.15. The fraction of sp³-hybridized carbons (Fsp3) is 0.167. The van der Waals surface area contributed by atoms with E-state index in [1.165, 1.54) is 0 Å². The molecule has 3 aromatic carbocycles. The van der Waals surface area contributed by atoms with Gasteiger partial charge in [0.1, 0.15) is 15.8 Å². The zero-order valence-electron chi connectivity index (χ0n) is 17.0. The third-order valence-electron chi connectivity index (χ3n) is 4.74. The van der Waals surface area contributed by atoms with Gasteiger partial charge in [0, 0.05) is 16.7 Å². The number of ether oxygens (including phenoxy) is 3. The van der Waals surface area contributed by atoms with Gasteiger partial charge in [-0.2, -0.15) is 0 Å². The van der Waals surface area contributed by atoms with Gasteiger partial charge >= 0.3 is 0 Å². The van der Waals surface area contributed by atoms with E-state index in [2.05, 4.69) is 12.1 Å². The lowest BCUT2D eigenvalue weighted by molar-refractivity contribution is 0.354. The number of hydrogen-bond donors (Lipinski definition) is 0. The fourth-order valence-corrected chi connectivity index (χ4v) is 4.14. The second-order valence-electron chi connectivity index (χ2n) is 6.55. The molecule has 0 N–H and O–H groups in total. The molecule has 0 fully saturated rings. The zero-order valence-corrected chi connectivity index (χ0v) is 17.8. The van der Waals surface area contributed by atoms with Gasteiger partial charge in [-0.05, 0) is 48.2 Å². The standard InChI is InChI=1S/C24H22N2O3S/c1-27-19-12-9-17(10-13-19)24-26-22(18-11-14-20(28-2)21(15-18)29-3)25-23(30-24)16-7-5-4-6-8-16/h4-15,22H,1-3H3/t22-/m0/s1. The van der Waals surface area contributed by atoms with Gasteiger partial charge in [0.25, 0.3) is 0 Å². The van der Waals surface area contributed by atoms with Crippen LogP contribution in [-0.2, 0) is 0 Å². The van der Waals surface area contributed by atoms with Crippen molar-refractivity contribution in [3.05, 3.63) is 89.5 Å². The molecule has 3 aromatic rings. The smallest absolute Gasteiger partial charge is 0.167 e. The second kappa shape index (κ2) is 9.05. The van der Waals surface area contributed by atoms with Crippen LogP contribution in [0.2, 0.25) is 0 Å². The highest BCUT2D eigenvalue weighted by molar-refractivity contribution is 8.27. The number of rotatable bonds is 6. The Kier molecular flexibility index (Phi) is 6.05. The summed E-state index contributed by atoms with van der Waals surface area (Å²) < 4.78 is 16.1. The number of nitrogens with zero attached hydrogens (tertiary/aromatic N) is 2. The summed E-state index contributed by atoms with van der Waals surface area (Å²) in [6.07, 6.45) is -0.377. The lowest BCUT2D eigenvalue weighted by Crippen LogP contribution is -2.12. The number of hydrogen-bond acceptors (Lipinski definition) is 6. The van der Waals surface area contributed by atoms with Crippen molar-refractivity contribution in [1.29, 1.82) is 0 Å². The van der Waals surface area contributed by atoms with Crippen molar-refractivity contribution in [1.82, 2.24) is 0 Å². The summed E-state index contributed by atoms with van der Waals surface area (Å²) in [6, 6.07) is 23.9. The molecule has 0 spiro atoms. The maximum Gasteiger partial charge on any atom is 0.167 e. The van der Waals surface area contributed by atoms with Crippen LogP contribution in [0, 0.1) is 0 Å². The van der Waals surface area contributed by atoms with Gasteiger partial charge in [0.05, 0.1) is 21.3 Å². The molecule has 0 aromatic heterocycles. The van der Waals surface area contributed by atoms with E-state index in [-0.39, 0.29) is 6.17 Å². The molecule has 0 saturated heterocycles. The minimum Gasteiger partial charge on any atom is -0.497 e. The van der Waals surface area contributed by atoms with E-state index in [0.717, 1.165) is 32.5 Å². The molecule has 0 unspecified atom stereocenters. The molecule has 0 radical (unpaired) electrons. The van der Waals surface area contributed by atoms with E-state index < -0.39 is 0 Å². The maximum atomic E-state index is 5.48. The van der Waals surface area contributed by atoms with Crippen LogP contribution >= 0.6 is 11.8 Å². The highest BCUT2D eigenvalue weighted by Gasteiger charge is 2.23. The molecule has 30 heavy (non-hydrogen) atoms. The quantitative estimate of drug-likeness (QED) is 0.541. The lowest BCUT2D eigenvalue weighted by atomic mass is 10.1. The van der Waals surface area contributed by atoms with E-state index in [1.54, 1.807) is 33.1 Å². The molecule has 6 heteroatoms. The van der Waals surface area contributed by atoms with Crippen molar-refractivity contribution in [2.24, 2.45) is 9.98 Å². The van der Waals surface area contributed by atoms with Crippen molar-refractivity contribution in [2.75, 3.05) is 21.3 Å². The minimum absolute atomic E-state index is 0.377. The average molecular weight is 419 g/mol. The maximum absolute atomic E-state index is 5.48. The molecule has 1 aliphatic rings. The van der Waals surface area contributed by atoms with Gasteiger partial charge in [-0.1, -0.05) is 36.4 Å². The number of benzene rings is 3. The number of aliphatic imine (C=N–C) groups is 2. The summed E-state index contributed by atoms with van der Waals surface area (Å²) in [7, 11) is 4.92. The zero-order chi connectivity index (χ0) is 20.9. The predicted octanol–water partition coefficient (Wildman–Crippen LogP) is 5.35. The second-order valence-corrected chi connectivity index (χ2v) is 7.53. The molecule has 5 nitrogen and oxygen atoms in total. The molecule has 0 bridgehead atoms. The first-order chi connectivity index (χ1) is 14.7. The van der Waals surface area contributed by atoms with Gasteiger partial charge in [0.2, 0.25) is 0 Å². The first-order valence-electron chi connectivity index (χ1n) is 9.47. The largest absolute Gasteiger partial charge is 0.497 e. The topological polar surface area (TPSA) is 52.4 Å². The number of methoxy groups -OCH3 is 3. The van der Waals surface area contributed by atoms with Crippen LogP contribution < -0.4 is 14.2 Å². The normalized spacial score (nSPS) is 15.8. The Morgan fingerprint density at radius 1 is 0.667 bits per heavy atom. The Hall–Kier alpha value is -3.25. The van der Waals surface area contributed by atoms with Crippen molar-refractivity contribution in [3.63, 3.8) is 0 Å². The van der Waals surface area contributed by atoms with Gasteiger partial charge in [-0.3, -0.25) is 0 Å². The Labute approximate surface area is 180 Å². The van der Waals surface area contributed by atoms with Crippen LogP contribution in [0.15, 0.2) is 82.8 Å². The molecule has 0 aliphatic carbocycles. The van der Waals surface area contributed by atoms with E-state index in [4.69, 9.17) is 24.2 Å². The third kappa shape index (κ3) is 4.19. The Morgan fingerprint density at radius 2 is 1.30 bits per heavy atom. The highest BCUT2D eigenvalue weighted by Crippen LogP contribution is 2.36. The third-order valence-corrected chi connectivity index (χ3v) is 5.80. The average Bonchev–Trinajstić information content (AvgIpc) is 2.84. The Morgan fingerprint density at radius 3 is 1.90 bits per heavy atom. The Bertz CT molecular complexity index is 1080. The summed E-state index contributed by atoms with van der Waals surface area (Å²) in [4.78, 5) is 9.87. The van der Waals surface area contributed by atoms with Crippen LogP contribution in [0.4, 0.5) is 0 Å². The van der Waals surface area contributed by atoms with Gasteiger partial charge in [0.15, 0.2) is 17.7 Å². The van der Waals surface area contributed by atoms with Crippen molar-refractivity contribution in [2.45, 2.75) is 6.17 Å². The van der Waals surface area contributed by atoms with Crippen LogP contribution in [0.1, 0.15) is 22.9 Å². The van der Waals surface area contributed by atoms with Crippen LogP contribution in [0.25, 0.3) is 0 Å². The van der Waals surface area contributed by atoms with Gasteiger partial charge < -0.3 is 14.2 Å². The highest BCUT2D eigenvalue weighted by atomic mass is 32.2. The molecular weight excluding hydrogens is 396 g/mol.